The Labute approximate surface area is 89.7 Å². The van der Waals surface area contributed by atoms with Crippen molar-refractivity contribution in [3.63, 3.8) is 0 Å². The fourth-order valence-electron chi connectivity index (χ4n) is 2.59. The summed E-state index contributed by atoms with van der Waals surface area (Å²) >= 11 is 0. The molecule has 1 rings (SSSR count). The van der Waals surface area contributed by atoms with Crippen molar-refractivity contribution < 1.29 is 0 Å². The van der Waals surface area contributed by atoms with Gasteiger partial charge in [0.15, 0.2) is 0 Å². The quantitative estimate of drug-likeness (QED) is 0.659. The lowest BCUT2D eigenvalue weighted by Gasteiger charge is -2.26. The molecule has 1 aliphatic rings. The van der Waals surface area contributed by atoms with Crippen LogP contribution in [0.2, 0.25) is 0 Å². The van der Waals surface area contributed by atoms with Crippen LogP contribution in [0.4, 0.5) is 0 Å². The first-order valence-corrected chi connectivity index (χ1v) is 6.36. The third-order valence-electron chi connectivity index (χ3n) is 3.81. The zero-order valence-electron chi connectivity index (χ0n) is 10.3. The third kappa shape index (κ3) is 3.61. The highest BCUT2D eigenvalue weighted by Crippen LogP contribution is 2.39. The van der Waals surface area contributed by atoms with E-state index in [0.717, 1.165) is 23.8 Å². The normalized spacial score (nSPS) is 23.1. The van der Waals surface area contributed by atoms with Gasteiger partial charge in [0.25, 0.3) is 0 Å². The topological polar surface area (TPSA) is 12.0 Å². The molecule has 0 aromatic heterocycles. The van der Waals surface area contributed by atoms with Crippen LogP contribution in [0, 0.1) is 17.8 Å². The van der Waals surface area contributed by atoms with Crippen molar-refractivity contribution in [1.82, 2.24) is 5.32 Å². The zero-order chi connectivity index (χ0) is 10.6. The van der Waals surface area contributed by atoms with E-state index >= 15 is 0 Å². The third-order valence-corrected chi connectivity index (χ3v) is 3.81. The lowest BCUT2D eigenvalue weighted by Crippen LogP contribution is -2.34. The van der Waals surface area contributed by atoms with E-state index in [9.17, 15) is 0 Å². The Bertz CT molecular complexity index is 151. The minimum absolute atomic E-state index is 0.754. The van der Waals surface area contributed by atoms with Crippen molar-refractivity contribution in [3.8, 4) is 0 Å². The molecule has 3 atom stereocenters. The van der Waals surface area contributed by atoms with Gasteiger partial charge >= 0.3 is 0 Å². The molecule has 0 spiro atoms. The molecule has 0 aliphatic heterocycles. The number of nitrogens with one attached hydrogen (secondary N) is 1. The Balaban J connectivity index is 2.29. The Morgan fingerprint density at radius 2 is 1.93 bits per heavy atom. The van der Waals surface area contributed by atoms with E-state index in [4.69, 9.17) is 0 Å². The molecule has 1 heteroatoms. The first-order chi connectivity index (χ1) is 6.69. The second-order valence-corrected chi connectivity index (χ2v) is 5.22. The lowest BCUT2D eigenvalue weighted by molar-refractivity contribution is 0.296. The predicted molar refractivity (Wildman–Crippen MR) is 63.4 cm³/mol. The molecule has 3 unspecified atom stereocenters. The van der Waals surface area contributed by atoms with Crippen molar-refractivity contribution in [1.29, 1.82) is 0 Å². The van der Waals surface area contributed by atoms with Gasteiger partial charge in [-0.25, -0.2) is 0 Å². The van der Waals surface area contributed by atoms with Crippen LogP contribution in [0.5, 0.6) is 0 Å². The molecule has 0 amide bonds. The van der Waals surface area contributed by atoms with Crippen molar-refractivity contribution in [2.45, 2.75) is 58.9 Å². The first-order valence-electron chi connectivity index (χ1n) is 6.36. The molecule has 1 saturated carbocycles. The van der Waals surface area contributed by atoms with Gasteiger partial charge in [0.2, 0.25) is 0 Å². The highest BCUT2D eigenvalue weighted by molar-refractivity contribution is 4.86. The van der Waals surface area contributed by atoms with Crippen LogP contribution >= 0.6 is 0 Å². The molecule has 0 aromatic rings. The number of rotatable bonds is 7. The van der Waals surface area contributed by atoms with Crippen LogP contribution in [0.25, 0.3) is 0 Å². The second kappa shape index (κ2) is 5.75. The molecule has 1 N–H and O–H groups in total. The van der Waals surface area contributed by atoms with E-state index < -0.39 is 0 Å². The smallest absolute Gasteiger partial charge is 0.00948 e. The summed E-state index contributed by atoms with van der Waals surface area (Å²) in [5.41, 5.74) is 0. The van der Waals surface area contributed by atoms with E-state index in [2.05, 4.69) is 33.1 Å². The Morgan fingerprint density at radius 3 is 2.36 bits per heavy atom. The SMILES string of the molecule is CCCC(C)CC(NC)C(C)C1CC1. The zero-order valence-corrected chi connectivity index (χ0v) is 10.3. The molecule has 0 bridgehead atoms. The molecule has 0 saturated heterocycles. The molecule has 0 heterocycles. The first kappa shape index (κ1) is 12.0. The molecular formula is C13H27N. The molecule has 0 aromatic carbocycles. The van der Waals surface area contributed by atoms with Crippen LogP contribution in [0.1, 0.15) is 52.9 Å². The van der Waals surface area contributed by atoms with Gasteiger partial charge in [-0.05, 0) is 44.1 Å². The van der Waals surface area contributed by atoms with Gasteiger partial charge in [0.1, 0.15) is 0 Å². The van der Waals surface area contributed by atoms with Gasteiger partial charge in [0, 0.05) is 6.04 Å². The largest absolute Gasteiger partial charge is 0.317 e. The van der Waals surface area contributed by atoms with Gasteiger partial charge in [0.05, 0.1) is 0 Å². The van der Waals surface area contributed by atoms with Crippen molar-refractivity contribution in [2.24, 2.45) is 17.8 Å². The van der Waals surface area contributed by atoms with Crippen molar-refractivity contribution >= 4 is 0 Å². The molecule has 1 nitrogen and oxygen atoms in total. The maximum atomic E-state index is 3.51. The summed E-state index contributed by atoms with van der Waals surface area (Å²) in [6.07, 6.45) is 7.02. The average Bonchev–Trinajstić information content (AvgIpc) is 2.96. The minimum atomic E-state index is 0.754. The summed E-state index contributed by atoms with van der Waals surface area (Å²) in [6.45, 7) is 7.11. The van der Waals surface area contributed by atoms with E-state index in [0.29, 0.717) is 0 Å². The summed E-state index contributed by atoms with van der Waals surface area (Å²) in [4.78, 5) is 0. The molecule has 14 heavy (non-hydrogen) atoms. The summed E-state index contributed by atoms with van der Waals surface area (Å²) < 4.78 is 0. The maximum Gasteiger partial charge on any atom is 0.00948 e. The standard InChI is InChI=1S/C13H27N/c1-5-6-10(2)9-13(14-4)11(3)12-7-8-12/h10-14H,5-9H2,1-4H3. The number of hydrogen-bond acceptors (Lipinski definition) is 1. The summed E-state index contributed by atoms with van der Waals surface area (Å²) in [5.74, 6) is 2.80. The lowest BCUT2D eigenvalue weighted by atomic mass is 9.88. The van der Waals surface area contributed by atoms with E-state index in [1.807, 2.05) is 0 Å². The average molecular weight is 197 g/mol. The number of hydrogen-bond donors (Lipinski definition) is 1. The van der Waals surface area contributed by atoms with Gasteiger partial charge < -0.3 is 5.32 Å². The maximum absolute atomic E-state index is 3.51. The monoisotopic (exact) mass is 197 g/mol. The van der Waals surface area contributed by atoms with Gasteiger partial charge in [-0.2, -0.15) is 0 Å². The van der Waals surface area contributed by atoms with Crippen LogP contribution in [0.15, 0.2) is 0 Å². The van der Waals surface area contributed by atoms with E-state index in [1.54, 1.807) is 0 Å². The predicted octanol–water partition coefficient (Wildman–Crippen LogP) is 3.45. The minimum Gasteiger partial charge on any atom is -0.317 e. The fraction of sp³-hybridized carbons (Fsp3) is 1.00. The summed E-state index contributed by atoms with van der Waals surface area (Å²) in [6, 6.07) is 0.754. The molecule has 0 radical (unpaired) electrons. The molecule has 1 aliphatic carbocycles. The second-order valence-electron chi connectivity index (χ2n) is 5.22. The van der Waals surface area contributed by atoms with Gasteiger partial charge in [-0.15, -0.1) is 0 Å². The van der Waals surface area contributed by atoms with Gasteiger partial charge in [-0.1, -0.05) is 33.6 Å². The van der Waals surface area contributed by atoms with E-state index in [1.165, 1.54) is 32.1 Å². The van der Waals surface area contributed by atoms with Crippen LogP contribution in [-0.2, 0) is 0 Å². The van der Waals surface area contributed by atoms with Crippen molar-refractivity contribution in [3.05, 3.63) is 0 Å². The fourth-order valence-corrected chi connectivity index (χ4v) is 2.59. The Morgan fingerprint density at radius 1 is 1.29 bits per heavy atom. The van der Waals surface area contributed by atoms with Crippen LogP contribution in [-0.4, -0.2) is 13.1 Å². The van der Waals surface area contributed by atoms with Gasteiger partial charge in [-0.3, -0.25) is 0 Å². The van der Waals surface area contributed by atoms with E-state index in [-0.39, 0.29) is 0 Å². The summed E-state index contributed by atoms with van der Waals surface area (Å²) in [5, 5.41) is 3.51. The highest BCUT2D eigenvalue weighted by Gasteiger charge is 2.32. The molecule has 1 fully saturated rings. The molecule has 84 valence electrons. The Hall–Kier alpha value is -0.0400. The highest BCUT2D eigenvalue weighted by atomic mass is 14.9. The van der Waals surface area contributed by atoms with Crippen LogP contribution < -0.4 is 5.32 Å². The van der Waals surface area contributed by atoms with Crippen molar-refractivity contribution in [2.75, 3.05) is 7.05 Å². The summed E-state index contributed by atoms with van der Waals surface area (Å²) in [7, 11) is 2.13. The van der Waals surface area contributed by atoms with Crippen LogP contribution in [0.3, 0.4) is 0 Å². The molecular weight excluding hydrogens is 170 g/mol. The Kier molecular flexibility index (Phi) is 4.94.